The lowest BCUT2D eigenvalue weighted by atomic mass is 9.79. The Balaban J connectivity index is 2.08. The normalized spacial score (nSPS) is 18.8. The van der Waals surface area contributed by atoms with Crippen LogP contribution in [0.3, 0.4) is 0 Å². The average Bonchev–Trinajstić information content (AvgIpc) is 2.96. The first-order chi connectivity index (χ1) is 9.35. The number of nitrogens with zero attached hydrogens (tertiary/aromatic N) is 1. The Bertz CT molecular complexity index is 543. The Hall–Kier alpha value is -0.880. The minimum absolute atomic E-state index is 0.138. The Morgan fingerprint density at radius 1 is 1.40 bits per heavy atom. The fourth-order valence-electron chi connectivity index (χ4n) is 3.38. The fraction of sp³-hybridized carbons (Fsp3) is 0.786. The van der Waals surface area contributed by atoms with Crippen molar-refractivity contribution >= 4 is 10.0 Å². The summed E-state index contributed by atoms with van der Waals surface area (Å²) in [4.78, 5) is 0.259. The fourth-order valence-corrected chi connectivity index (χ4v) is 4.67. The van der Waals surface area contributed by atoms with Crippen LogP contribution in [0.15, 0.2) is 11.1 Å². The van der Waals surface area contributed by atoms with Gasteiger partial charge >= 0.3 is 0 Å². The molecule has 0 radical (unpaired) electrons. The Morgan fingerprint density at radius 3 is 2.55 bits per heavy atom. The van der Waals surface area contributed by atoms with Crippen LogP contribution in [0.1, 0.15) is 51.6 Å². The molecule has 1 fully saturated rings. The zero-order valence-electron chi connectivity index (χ0n) is 12.6. The summed E-state index contributed by atoms with van der Waals surface area (Å²) in [5.41, 5.74) is 0.723. The SMILES string of the molecule is Cc1[nH]ncc1S(=O)(=O)NCC1(CC(C)C)CCCC1. The van der Waals surface area contributed by atoms with Crippen LogP contribution >= 0.6 is 0 Å². The number of hydrogen-bond acceptors (Lipinski definition) is 3. The Labute approximate surface area is 121 Å². The molecule has 0 aromatic carbocycles. The zero-order valence-corrected chi connectivity index (χ0v) is 13.4. The van der Waals surface area contributed by atoms with Crippen molar-refractivity contribution in [3.8, 4) is 0 Å². The summed E-state index contributed by atoms with van der Waals surface area (Å²) < 4.78 is 27.5. The predicted octanol–water partition coefficient (Wildman–Crippen LogP) is 2.60. The van der Waals surface area contributed by atoms with Crippen LogP contribution in [0.4, 0.5) is 0 Å². The molecule has 6 heteroatoms. The second kappa shape index (κ2) is 5.85. The Kier molecular flexibility index (Phi) is 4.54. The minimum atomic E-state index is -3.45. The van der Waals surface area contributed by atoms with Gasteiger partial charge in [-0.1, -0.05) is 26.7 Å². The summed E-state index contributed by atoms with van der Waals surface area (Å²) in [5.74, 6) is 0.591. The van der Waals surface area contributed by atoms with Gasteiger partial charge in [-0.25, -0.2) is 13.1 Å². The number of hydrogen-bond donors (Lipinski definition) is 2. The van der Waals surface area contributed by atoms with Crippen molar-refractivity contribution in [3.63, 3.8) is 0 Å². The van der Waals surface area contributed by atoms with E-state index in [4.69, 9.17) is 0 Å². The highest BCUT2D eigenvalue weighted by Gasteiger charge is 2.35. The molecule has 1 aromatic heterocycles. The molecule has 1 saturated carbocycles. The monoisotopic (exact) mass is 299 g/mol. The van der Waals surface area contributed by atoms with Gasteiger partial charge in [-0.05, 0) is 37.5 Å². The van der Waals surface area contributed by atoms with Crippen LogP contribution in [0.25, 0.3) is 0 Å². The smallest absolute Gasteiger partial charge is 0.243 e. The van der Waals surface area contributed by atoms with E-state index in [9.17, 15) is 8.42 Å². The number of aryl methyl sites for hydroxylation is 1. The number of aromatic amines is 1. The molecule has 1 aliphatic rings. The quantitative estimate of drug-likeness (QED) is 0.848. The third-order valence-corrected chi connectivity index (χ3v) is 5.73. The lowest BCUT2D eigenvalue weighted by Crippen LogP contribution is -2.37. The van der Waals surface area contributed by atoms with Crippen molar-refractivity contribution in [2.24, 2.45) is 11.3 Å². The molecule has 0 atom stereocenters. The van der Waals surface area contributed by atoms with E-state index < -0.39 is 10.0 Å². The van der Waals surface area contributed by atoms with Gasteiger partial charge in [0, 0.05) is 6.54 Å². The number of aromatic nitrogens is 2. The van der Waals surface area contributed by atoms with E-state index in [2.05, 4.69) is 28.8 Å². The van der Waals surface area contributed by atoms with Crippen molar-refractivity contribution in [3.05, 3.63) is 11.9 Å². The summed E-state index contributed by atoms with van der Waals surface area (Å²) in [6.07, 6.45) is 7.12. The molecule has 2 rings (SSSR count). The third-order valence-electron chi connectivity index (χ3n) is 4.22. The average molecular weight is 299 g/mol. The maximum atomic E-state index is 12.3. The maximum Gasteiger partial charge on any atom is 0.243 e. The molecule has 114 valence electrons. The van der Waals surface area contributed by atoms with Crippen molar-refractivity contribution in [2.45, 2.75) is 57.8 Å². The van der Waals surface area contributed by atoms with E-state index in [1.807, 2.05) is 0 Å². The van der Waals surface area contributed by atoms with E-state index in [1.165, 1.54) is 19.0 Å². The van der Waals surface area contributed by atoms with Gasteiger partial charge < -0.3 is 0 Å². The van der Waals surface area contributed by atoms with E-state index in [0.29, 0.717) is 18.2 Å². The molecule has 0 aliphatic heterocycles. The van der Waals surface area contributed by atoms with E-state index in [-0.39, 0.29) is 10.3 Å². The van der Waals surface area contributed by atoms with Crippen molar-refractivity contribution < 1.29 is 8.42 Å². The van der Waals surface area contributed by atoms with Crippen molar-refractivity contribution in [2.75, 3.05) is 6.54 Å². The van der Waals surface area contributed by atoms with Gasteiger partial charge in [0.05, 0.1) is 11.9 Å². The highest BCUT2D eigenvalue weighted by molar-refractivity contribution is 7.89. The molecule has 2 N–H and O–H groups in total. The van der Waals surface area contributed by atoms with Gasteiger partial charge in [-0.2, -0.15) is 5.10 Å². The summed E-state index contributed by atoms with van der Waals surface area (Å²) >= 11 is 0. The van der Waals surface area contributed by atoms with Gasteiger partial charge in [0.25, 0.3) is 0 Å². The molecule has 20 heavy (non-hydrogen) atoms. The van der Waals surface area contributed by atoms with Gasteiger partial charge in [0.2, 0.25) is 10.0 Å². The van der Waals surface area contributed by atoms with Gasteiger partial charge in [-0.15, -0.1) is 0 Å². The standard InChI is InChI=1S/C14H25N3O2S/c1-11(2)8-14(6-4-5-7-14)10-16-20(18,19)13-9-15-17-12(13)3/h9,11,16H,4-8,10H2,1-3H3,(H,15,17). The van der Waals surface area contributed by atoms with E-state index in [0.717, 1.165) is 19.3 Å². The number of nitrogens with one attached hydrogen (secondary N) is 2. The summed E-state index contributed by atoms with van der Waals surface area (Å²) in [6.45, 7) is 6.67. The van der Waals surface area contributed by atoms with Crippen LogP contribution < -0.4 is 4.72 Å². The molecule has 0 unspecified atom stereocenters. The molecule has 1 heterocycles. The van der Waals surface area contributed by atoms with Crippen LogP contribution in [0.2, 0.25) is 0 Å². The van der Waals surface area contributed by atoms with Gasteiger partial charge in [-0.3, -0.25) is 5.10 Å². The summed E-state index contributed by atoms with van der Waals surface area (Å²) in [6, 6.07) is 0. The molecule has 1 aromatic rings. The molecule has 0 bridgehead atoms. The second-order valence-corrected chi connectivity index (χ2v) is 8.22. The third kappa shape index (κ3) is 3.41. The molecular formula is C14H25N3O2S. The zero-order chi connectivity index (χ0) is 14.8. The molecular weight excluding hydrogens is 274 g/mol. The Morgan fingerprint density at radius 2 is 2.05 bits per heavy atom. The first-order valence-electron chi connectivity index (χ1n) is 7.34. The maximum absolute atomic E-state index is 12.3. The molecule has 5 nitrogen and oxygen atoms in total. The first kappa shape index (κ1) is 15.5. The number of sulfonamides is 1. The number of rotatable bonds is 6. The van der Waals surface area contributed by atoms with E-state index in [1.54, 1.807) is 6.92 Å². The second-order valence-electron chi connectivity index (χ2n) is 6.49. The molecule has 0 amide bonds. The van der Waals surface area contributed by atoms with Crippen LogP contribution in [0.5, 0.6) is 0 Å². The van der Waals surface area contributed by atoms with Crippen molar-refractivity contribution in [1.82, 2.24) is 14.9 Å². The summed E-state index contributed by atoms with van der Waals surface area (Å²) in [5, 5.41) is 6.46. The molecule has 1 aliphatic carbocycles. The molecule has 0 spiro atoms. The lowest BCUT2D eigenvalue weighted by Gasteiger charge is -2.31. The lowest BCUT2D eigenvalue weighted by molar-refractivity contribution is 0.236. The molecule has 0 saturated heterocycles. The van der Waals surface area contributed by atoms with E-state index >= 15 is 0 Å². The van der Waals surface area contributed by atoms with Gasteiger partial charge in [0.1, 0.15) is 4.90 Å². The van der Waals surface area contributed by atoms with Gasteiger partial charge in [0.15, 0.2) is 0 Å². The van der Waals surface area contributed by atoms with Crippen molar-refractivity contribution in [1.29, 1.82) is 0 Å². The van der Waals surface area contributed by atoms with Crippen LogP contribution in [-0.4, -0.2) is 25.2 Å². The topological polar surface area (TPSA) is 74.8 Å². The van der Waals surface area contributed by atoms with Crippen LogP contribution in [0, 0.1) is 18.3 Å². The highest BCUT2D eigenvalue weighted by Crippen LogP contribution is 2.42. The minimum Gasteiger partial charge on any atom is -0.281 e. The highest BCUT2D eigenvalue weighted by atomic mass is 32.2. The first-order valence-corrected chi connectivity index (χ1v) is 8.83. The number of H-pyrrole nitrogens is 1. The summed E-state index contributed by atoms with van der Waals surface area (Å²) in [7, 11) is -3.45. The van der Waals surface area contributed by atoms with Crippen LogP contribution in [-0.2, 0) is 10.0 Å². The largest absolute Gasteiger partial charge is 0.281 e. The predicted molar refractivity (Wildman–Crippen MR) is 78.9 cm³/mol.